The van der Waals surface area contributed by atoms with Crippen LogP contribution in [-0.2, 0) is 4.79 Å². The lowest BCUT2D eigenvalue weighted by Crippen LogP contribution is -2.54. The maximum atomic E-state index is 13.1. The predicted molar refractivity (Wildman–Crippen MR) is 74.7 cm³/mol. The maximum Gasteiger partial charge on any atom is 0.237 e. The summed E-state index contributed by atoms with van der Waals surface area (Å²) >= 11 is 0. The Morgan fingerprint density at radius 1 is 1.55 bits per heavy atom. The van der Waals surface area contributed by atoms with Gasteiger partial charge in [0.15, 0.2) is 0 Å². The lowest BCUT2D eigenvalue weighted by Gasteiger charge is -2.28. The number of nitrogens with two attached hydrogens (primary N) is 2. The molecule has 0 bridgehead atoms. The van der Waals surface area contributed by atoms with Gasteiger partial charge in [0.05, 0.1) is 12.1 Å². The van der Waals surface area contributed by atoms with Crippen LogP contribution in [0.25, 0.3) is 0 Å². The SMILES string of the molecule is Cc1ccc(F)cc1OCCC1CCCC1(N)C(N)=O. The molecule has 1 aliphatic carbocycles. The van der Waals surface area contributed by atoms with E-state index in [4.69, 9.17) is 16.2 Å². The van der Waals surface area contributed by atoms with Crippen molar-refractivity contribution in [3.63, 3.8) is 0 Å². The number of hydrogen-bond acceptors (Lipinski definition) is 3. The monoisotopic (exact) mass is 280 g/mol. The molecule has 0 saturated heterocycles. The van der Waals surface area contributed by atoms with Crippen LogP contribution in [0.2, 0.25) is 0 Å². The third-order valence-corrected chi connectivity index (χ3v) is 4.20. The van der Waals surface area contributed by atoms with E-state index in [1.165, 1.54) is 12.1 Å². The van der Waals surface area contributed by atoms with Gasteiger partial charge in [0.25, 0.3) is 0 Å². The molecule has 0 radical (unpaired) electrons. The second-order valence-electron chi connectivity index (χ2n) is 5.54. The highest BCUT2D eigenvalue weighted by Crippen LogP contribution is 2.36. The van der Waals surface area contributed by atoms with Crippen molar-refractivity contribution in [2.75, 3.05) is 6.61 Å². The number of aryl methyl sites for hydroxylation is 1. The molecule has 1 amide bonds. The lowest BCUT2D eigenvalue weighted by atomic mass is 9.85. The van der Waals surface area contributed by atoms with Crippen LogP contribution in [0, 0.1) is 18.7 Å². The summed E-state index contributed by atoms with van der Waals surface area (Å²) < 4.78 is 18.7. The van der Waals surface area contributed by atoms with Crippen molar-refractivity contribution >= 4 is 5.91 Å². The molecular formula is C15H21FN2O2. The van der Waals surface area contributed by atoms with Crippen molar-refractivity contribution in [3.8, 4) is 5.75 Å². The highest BCUT2D eigenvalue weighted by molar-refractivity contribution is 5.85. The highest BCUT2D eigenvalue weighted by Gasteiger charge is 2.43. The van der Waals surface area contributed by atoms with Crippen molar-refractivity contribution in [3.05, 3.63) is 29.6 Å². The number of carbonyl (C=O) groups is 1. The zero-order valence-electron chi connectivity index (χ0n) is 11.7. The fourth-order valence-electron chi connectivity index (χ4n) is 2.87. The van der Waals surface area contributed by atoms with E-state index in [0.717, 1.165) is 18.4 Å². The second kappa shape index (κ2) is 5.79. The van der Waals surface area contributed by atoms with Gasteiger partial charge < -0.3 is 16.2 Å². The van der Waals surface area contributed by atoms with Crippen LogP contribution >= 0.6 is 0 Å². The molecule has 0 aromatic heterocycles. The first-order valence-electron chi connectivity index (χ1n) is 6.91. The van der Waals surface area contributed by atoms with Crippen molar-refractivity contribution in [1.29, 1.82) is 0 Å². The van der Waals surface area contributed by atoms with E-state index in [1.54, 1.807) is 6.07 Å². The van der Waals surface area contributed by atoms with E-state index in [-0.39, 0.29) is 11.7 Å². The average molecular weight is 280 g/mol. The summed E-state index contributed by atoms with van der Waals surface area (Å²) in [6, 6.07) is 4.45. The standard InChI is InChI=1S/C15H21FN2O2/c1-10-4-5-12(16)9-13(10)20-8-6-11-3-2-7-15(11,18)14(17)19/h4-5,9,11H,2-3,6-8,18H2,1H3,(H2,17,19). The van der Waals surface area contributed by atoms with Gasteiger partial charge in [0.2, 0.25) is 5.91 Å². The molecule has 0 spiro atoms. The number of benzene rings is 1. The minimum absolute atomic E-state index is 0.0360. The van der Waals surface area contributed by atoms with Gasteiger partial charge in [-0.25, -0.2) is 4.39 Å². The Morgan fingerprint density at radius 2 is 2.30 bits per heavy atom. The zero-order valence-corrected chi connectivity index (χ0v) is 11.7. The smallest absolute Gasteiger partial charge is 0.237 e. The summed E-state index contributed by atoms with van der Waals surface area (Å²) in [6.07, 6.45) is 3.06. The Hall–Kier alpha value is -1.62. The molecule has 110 valence electrons. The van der Waals surface area contributed by atoms with Crippen LogP contribution in [0.3, 0.4) is 0 Å². The molecule has 2 atom stereocenters. The predicted octanol–water partition coefficient (Wildman–Crippen LogP) is 1.89. The Kier molecular flexibility index (Phi) is 4.28. The molecule has 1 aromatic carbocycles. The topological polar surface area (TPSA) is 78.3 Å². The zero-order chi connectivity index (χ0) is 14.8. The Labute approximate surface area is 118 Å². The van der Waals surface area contributed by atoms with Gasteiger partial charge in [-0.15, -0.1) is 0 Å². The molecule has 20 heavy (non-hydrogen) atoms. The van der Waals surface area contributed by atoms with Gasteiger partial charge in [-0.05, 0) is 43.7 Å². The Balaban J connectivity index is 1.93. The first kappa shape index (κ1) is 14.8. The van der Waals surface area contributed by atoms with E-state index in [0.29, 0.717) is 25.2 Å². The van der Waals surface area contributed by atoms with Crippen molar-refractivity contribution < 1.29 is 13.9 Å². The summed E-state index contributed by atoms with van der Waals surface area (Å²) in [7, 11) is 0. The largest absolute Gasteiger partial charge is 0.493 e. The number of primary amides is 1. The molecule has 2 rings (SSSR count). The number of carbonyl (C=O) groups excluding carboxylic acids is 1. The quantitative estimate of drug-likeness (QED) is 0.864. The van der Waals surface area contributed by atoms with Gasteiger partial charge in [-0.2, -0.15) is 0 Å². The molecule has 4 nitrogen and oxygen atoms in total. The number of ether oxygens (including phenoxy) is 1. The molecule has 2 unspecified atom stereocenters. The normalized spacial score (nSPS) is 25.6. The molecular weight excluding hydrogens is 259 g/mol. The number of amides is 1. The van der Waals surface area contributed by atoms with E-state index in [1.807, 2.05) is 6.92 Å². The molecule has 0 aliphatic heterocycles. The highest BCUT2D eigenvalue weighted by atomic mass is 19.1. The molecule has 4 N–H and O–H groups in total. The van der Waals surface area contributed by atoms with Crippen LogP contribution in [0.5, 0.6) is 5.75 Å². The minimum Gasteiger partial charge on any atom is -0.493 e. The fourth-order valence-corrected chi connectivity index (χ4v) is 2.87. The van der Waals surface area contributed by atoms with E-state index < -0.39 is 11.4 Å². The van der Waals surface area contributed by atoms with Crippen molar-refractivity contribution in [1.82, 2.24) is 0 Å². The number of rotatable bonds is 5. The van der Waals surface area contributed by atoms with E-state index >= 15 is 0 Å². The van der Waals surface area contributed by atoms with Gasteiger partial charge in [0.1, 0.15) is 11.6 Å². The summed E-state index contributed by atoms with van der Waals surface area (Å²) in [5, 5.41) is 0. The summed E-state index contributed by atoms with van der Waals surface area (Å²) in [5.41, 5.74) is 11.4. The number of hydrogen-bond donors (Lipinski definition) is 2. The summed E-state index contributed by atoms with van der Waals surface area (Å²) in [4.78, 5) is 11.5. The van der Waals surface area contributed by atoms with Crippen LogP contribution in [0.1, 0.15) is 31.2 Å². The van der Waals surface area contributed by atoms with Crippen LogP contribution < -0.4 is 16.2 Å². The Bertz CT molecular complexity index is 507. The summed E-state index contributed by atoms with van der Waals surface area (Å²) in [5.74, 6) is -0.197. The van der Waals surface area contributed by atoms with Crippen molar-refractivity contribution in [2.45, 2.75) is 38.1 Å². The third-order valence-electron chi connectivity index (χ3n) is 4.20. The molecule has 0 heterocycles. The van der Waals surface area contributed by atoms with Gasteiger partial charge in [0, 0.05) is 6.07 Å². The third kappa shape index (κ3) is 2.93. The molecule has 5 heteroatoms. The fraction of sp³-hybridized carbons (Fsp3) is 0.533. The molecule has 1 saturated carbocycles. The van der Waals surface area contributed by atoms with E-state index in [9.17, 15) is 9.18 Å². The summed E-state index contributed by atoms with van der Waals surface area (Å²) in [6.45, 7) is 2.27. The molecule has 1 fully saturated rings. The van der Waals surface area contributed by atoms with Crippen LogP contribution in [0.15, 0.2) is 18.2 Å². The minimum atomic E-state index is -0.916. The van der Waals surface area contributed by atoms with E-state index in [2.05, 4.69) is 0 Å². The maximum absolute atomic E-state index is 13.1. The van der Waals surface area contributed by atoms with Gasteiger partial charge >= 0.3 is 0 Å². The first-order valence-corrected chi connectivity index (χ1v) is 6.91. The van der Waals surface area contributed by atoms with Gasteiger partial charge in [-0.1, -0.05) is 12.5 Å². The average Bonchev–Trinajstić information content (AvgIpc) is 2.77. The van der Waals surface area contributed by atoms with Crippen LogP contribution in [-0.4, -0.2) is 18.1 Å². The second-order valence-corrected chi connectivity index (χ2v) is 5.54. The lowest BCUT2D eigenvalue weighted by molar-refractivity contribution is -0.124. The van der Waals surface area contributed by atoms with Crippen LogP contribution in [0.4, 0.5) is 4.39 Å². The van der Waals surface area contributed by atoms with Gasteiger partial charge in [-0.3, -0.25) is 4.79 Å². The van der Waals surface area contributed by atoms with Crippen molar-refractivity contribution in [2.24, 2.45) is 17.4 Å². The molecule has 1 aromatic rings. The first-order chi connectivity index (χ1) is 9.43. The number of halogens is 1. The molecule has 1 aliphatic rings. The Morgan fingerprint density at radius 3 is 3.00 bits per heavy atom.